The zero-order valence-corrected chi connectivity index (χ0v) is 19.2. The fourth-order valence-electron chi connectivity index (χ4n) is 4.94. The second-order valence-corrected chi connectivity index (χ2v) is 11.1. The highest BCUT2D eigenvalue weighted by Crippen LogP contribution is 2.53. The molecule has 29 heavy (non-hydrogen) atoms. The van der Waals surface area contributed by atoms with Crippen LogP contribution < -0.4 is 0 Å². The van der Waals surface area contributed by atoms with E-state index in [1.165, 1.54) is 53.2 Å². The van der Waals surface area contributed by atoms with Crippen LogP contribution in [0.25, 0.3) is 0 Å². The maximum atomic E-state index is 4.83. The van der Waals surface area contributed by atoms with Crippen LogP contribution in [-0.2, 0) is 23.7 Å². The van der Waals surface area contributed by atoms with Crippen molar-refractivity contribution >= 4 is 0 Å². The smallest absolute Gasteiger partial charge is 0.115 e. The largest absolute Gasteiger partial charge is 0.241 e. The number of aromatic nitrogens is 4. The zero-order chi connectivity index (χ0) is 21.0. The fourth-order valence-corrected chi connectivity index (χ4v) is 4.94. The van der Waals surface area contributed by atoms with Crippen LogP contribution in [0, 0.1) is 5.92 Å². The molecule has 2 atom stereocenters. The standard InChI is InChI=1S/C25H36N4/c1-8-18-20(24(2,3)4)19(27-13-26-18)12-16-11-17(16)23-21(25(5,6)7)22(15-9-10-15)28-14-29-23/h13-17H,8-12H2,1-7H3. The molecule has 2 unspecified atom stereocenters. The van der Waals surface area contributed by atoms with E-state index in [1.807, 2.05) is 6.33 Å². The molecule has 4 nitrogen and oxygen atoms in total. The van der Waals surface area contributed by atoms with E-state index in [0.717, 1.165) is 12.8 Å². The number of hydrogen-bond acceptors (Lipinski definition) is 4. The Morgan fingerprint density at radius 2 is 1.38 bits per heavy atom. The third kappa shape index (κ3) is 4.08. The number of hydrogen-bond donors (Lipinski definition) is 0. The Labute approximate surface area is 176 Å². The maximum absolute atomic E-state index is 4.83. The van der Waals surface area contributed by atoms with Crippen molar-refractivity contribution in [3.8, 4) is 0 Å². The minimum atomic E-state index is 0.0664. The molecule has 2 aliphatic rings. The molecule has 0 aliphatic heterocycles. The summed E-state index contributed by atoms with van der Waals surface area (Å²) in [7, 11) is 0. The van der Waals surface area contributed by atoms with E-state index < -0.39 is 0 Å². The molecule has 0 N–H and O–H groups in total. The van der Waals surface area contributed by atoms with E-state index in [1.54, 1.807) is 6.33 Å². The van der Waals surface area contributed by atoms with Gasteiger partial charge in [0.05, 0.1) is 11.4 Å². The van der Waals surface area contributed by atoms with E-state index in [2.05, 4.69) is 53.5 Å². The first-order valence-corrected chi connectivity index (χ1v) is 11.3. The molecule has 2 fully saturated rings. The summed E-state index contributed by atoms with van der Waals surface area (Å²) in [5, 5.41) is 0. The second kappa shape index (κ2) is 7.14. The maximum Gasteiger partial charge on any atom is 0.115 e. The van der Waals surface area contributed by atoms with Gasteiger partial charge in [0.15, 0.2) is 0 Å². The summed E-state index contributed by atoms with van der Waals surface area (Å²) in [4.78, 5) is 18.9. The van der Waals surface area contributed by atoms with Gasteiger partial charge in [0.25, 0.3) is 0 Å². The molecule has 0 radical (unpaired) electrons. The Morgan fingerprint density at radius 1 is 0.793 bits per heavy atom. The third-order valence-corrected chi connectivity index (χ3v) is 6.44. The molecule has 2 aromatic rings. The van der Waals surface area contributed by atoms with E-state index in [9.17, 15) is 0 Å². The molecule has 156 valence electrons. The summed E-state index contributed by atoms with van der Waals surface area (Å²) in [6, 6.07) is 0. The van der Waals surface area contributed by atoms with Gasteiger partial charge in [-0.2, -0.15) is 0 Å². The van der Waals surface area contributed by atoms with Crippen LogP contribution >= 0.6 is 0 Å². The summed E-state index contributed by atoms with van der Waals surface area (Å²) in [6.07, 6.45) is 9.33. The van der Waals surface area contributed by atoms with Crippen LogP contribution in [0.5, 0.6) is 0 Å². The second-order valence-electron chi connectivity index (χ2n) is 11.1. The minimum absolute atomic E-state index is 0.0664. The normalized spacial score (nSPS) is 22.0. The fraction of sp³-hybridized carbons (Fsp3) is 0.680. The van der Waals surface area contributed by atoms with Gasteiger partial charge in [0, 0.05) is 34.4 Å². The summed E-state index contributed by atoms with van der Waals surface area (Å²) < 4.78 is 0. The Hall–Kier alpha value is -1.84. The third-order valence-electron chi connectivity index (χ3n) is 6.44. The molecule has 0 spiro atoms. The summed E-state index contributed by atoms with van der Waals surface area (Å²) in [5.74, 6) is 1.82. The lowest BCUT2D eigenvalue weighted by Gasteiger charge is -2.26. The SMILES string of the molecule is CCc1ncnc(CC2CC2c2ncnc(C3CC3)c2C(C)(C)C)c1C(C)(C)C. The van der Waals surface area contributed by atoms with Crippen LogP contribution in [0.2, 0.25) is 0 Å². The van der Waals surface area contributed by atoms with Gasteiger partial charge in [-0.1, -0.05) is 48.5 Å². The van der Waals surface area contributed by atoms with Gasteiger partial charge in [-0.25, -0.2) is 19.9 Å². The van der Waals surface area contributed by atoms with Gasteiger partial charge >= 0.3 is 0 Å². The van der Waals surface area contributed by atoms with Gasteiger partial charge in [0.1, 0.15) is 12.7 Å². The van der Waals surface area contributed by atoms with E-state index >= 15 is 0 Å². The van der Waals surface area contributed by atoms with Gasteiger partial charge in [-0.3, -0.25) is 0 Å². The van der Waals surface area contributed by atoms with Crippen LogP contribution in [0.1, 0.15) is 113 Å². The van der Waals surface area contributed by atoms with Crippen molar-refractivity contribution in [2.75, 3.05) is 0 Å². The molecule has 0 amide bonds. The first kappa shape index (κ1) is 20.4. The Bertz CT molecular complexity index is 900. The summed E-state index contributed by atoms with van der Waals surface area (Å²) in [6.45, 7) is 16.0. The van der Waals surface area contributed by atoms with Crippen molar-refractivity contribution in [2.45, 2.75) is 103 Å². The first-order chi connectivity index (χ1) is 13.6. The average Bonchev–Trinajstić information content (AvgIpc) is 3.53. The first-order valence-electron chi connectivity index (χ1n) is 11.3. The van der Waals surface area contributed by atoms with Crippen molar-refractivity contribution in [1.82, 2.24) is 19.9 Å². The molecule has 0 bridgehead atoms. The minimum Gasteiger partial charge on any atom is -0.241 e. The highest BCUT2D eigenvalue weighted by atomic mass is 14.9. The number of aryl methyl sites for hydroxylation is 1. The van der Waals surface area contributed by atoms with Gasteiger partial charge in [-0.05, 0) is 48.9 Å². The monoisotopic (exact) mass is 392 g/mol. The predicted octanol–water partition coefficient (Wildman–Crippen LogP) is 5.65. The van der Waals surface area contributed by atoms with Crippen LogP contribution in [0.3, 0.4) is 0 Å². The van der Waals surface area contributed by atoms with Crippen LogP contribution in [-0.4, -0.2) is 19.9 Å². The molecular formula is C25H36N4. The summed E-state index contributed by atoms with van der Waals surface area (Å²) >= 11 is 0. The summed E-state index contributed by atoms with van der Waals surface area (Å²) in [5.41, 5.74) is 7.99. The highest BCUT2D eigenvalue weighted by molar-refractivity contribution is 5.41. The molecule has 2 aliphatic carbocycles. The molecule has 2 saturated carbocycles. The molecule has 4 rings (SSSR count). The van der Waals surface area contributed by atoms with Crippen molar-refractivity contribution < 1.29 is 0 Å². The highest BCUT2D eigenvalue weighted by Gasteiger charge is 2.45. The lowest BCUT2D eigenvalue weighted by Crippen LogP contribution is -2.21. The zero-order valence-electron chi connectivity index (χ0n) is 19.2. The van der Waals surface area contributed by atoms with Crippen molar-refractivity contribution in [1.29, 1.82) is 0 Å². The molecule has 2 heterocycles. The molecular weight excluding hydrogens is 356 g/mol. The van der Waals surface area contributed by atoms with Gasteiger partial charge in [0.2, 0.25) is 0 Å². The lowest BCUT2D eigenvalue weighted by molar-refractivity contribution is 0.553. The van der Waals surface area contributed by atoms with Crippen molar-refractivity contribution in [3.05, 3.63) is 46.6 Å². The quantitative estimate of drug-likeness (QED) is 0.660. The number of nitrogens with zero attached hydrogens (tertiary/aromatic N) is 4. The Kier molecular flexibility index (Phi) is 5.03. The van der Waals surface area contributed by atoms with Crippen LogP contribution in [0.15, 0.2) is 12.7 Å². The van der Waals surface area contributed by atoms with Gasteiger partial charge in [-0.15, -0.1) is 0 Å². The van der Waals surface area contributed by atoms with E-state index in [4.69, 9.17) is 15.0 Å². The van der Waals surface area contributed by atoms with Gasteiger partial charge < -0.3 is 0 Å². The predicted molar refractivity (Wildman–Crippen MR) is 117 cm³/mol. The van der Waals surface area contributed by atoms with Crippen LogP contribution in [0.4, 0.5) is 0 Å². The molecule has 4 heteroatoms. The van der Waals surface area contributed by atoms with Crippen molar-refractivity contribution in [3.63, 3.8) is 0 Å². The topological polar surface area (TPSA) is 51.6 Å². The Balaban J connectivity index is 1.64. The van der Waals surface area contributed by atoms with Crippen molar-refractivity contribution in [2.24, 2.45) is 5.92 Å². The average molecular weight is 393 g/mol. The number of rotatable bonds is 5. The van der Waals surface area contributed by atoms with E-state index in [-0.39, 0.29) is 10.8 Å². The molecule has 2 aromatic heterocycles. The Morgan fingerprint density at radius 3 is 1.97 bits per heavy atom. The molecule has 0 saturated heterocycles. The lowest BCUT2D eigenvalue weighted by atomic mass is 9.81. The van der Waals surface area contributed by atoms with E-state index in [0.29, 0.717) is 17.8 Å². The molecule has 0 aromatic carbocycles.